The minimum Gasteiger partial charge on any atom is -0.492 e. The Labute approximate surface area is 171 Å². The van der Waals surface area contributed by atoms with E-state index in [2.05, 4.69) is 14.9 Å². The SMILES string of the molecule is COCCCN1CCC(c2cnc(-c3cc(Cl)c(N)c4c3OCCC4)[nH]2)CC1. The number of likely N-dealkylation sites (tertiary alicyclic amines) is 1. The number of benzene rings is 1. The van der Waals surface area contributed by atoms with Crippen LogP contribution in [0.25, 0.3) is 11.4 Å². The number of piperidine rings is 1. The van der Waals surface area contributed by atoms with E-state index in [9.17, 15) is 0 Å². The number of nitrogens with zero attached hydrogens (tertiary/aromatic N) is 2. The highest BCUT2D eigenvalue weighted by Crippen LogP contribution is 2.42. The van der Waals surface area contributed by atoms with Gasteiger partial charge in [0.25, 0.3) is 0 Å². The van der Waals surface area contributed by atoms with Gasteiger partial charge in [0.15, 0.2) is 0 Å². The van der Waals surface area contributed by atoms with Crippen molar-refractivity contribution in [2.24, 2.45) is 0 Å². The lowest BCUT2D eigenvalue weighted by Crippen LogP contribution is -2.34. The summed E-state index contributed by atoms with van der Waals surface area (Å²) in [6, 6.07) is 1.88. The molecule has 0 atom stereocenters. The van der Waals surface area contributed by atoms with Gasteiger partial charge in [0, 0.05) is 43.6 Å². The van der Waals surface area contributed by atoms with Gasteiger partial charge in [-0.3, -0.25) is 0 Å². The van der Waals surface area contributed by atoms with E-state index in [0.717, 1.165) is 81.0 Å². The summed E-state index contributed by atoms with van der Waals surface area (Å²) in [4.78, 5) is 10.7. The predicted molar refractivity (Wildman–Crippen MR) is 112 cm³/mol. The maximum absolute atomic E-state index is 6.39. The van der Waals surface area contributed by atoms with E-state index in [0.29, 0.717) is 23.2 Å². The molecule has 6 nitrogen and oxygen atoms in total. The van der Waals surface area contributed by atoms with E-state index >= 15 is 0 Å². The first-order chi connectivity index (χ1) is 13.7. The molecular formula is C21H29ClN4O2. The van der Waals surface area contributed by atoms with Crippen LogP contribution in [0.3, 0.4) is 0 Å². The van der Waals surface area contributed by atoms with E-state index < -0.39 is 0 Å². The second-order valence-corrected chi connectivity index (χ2v) is 8.14. The molecule has 1 fully saturated rings. The Bertz CT molecular complexity index is 815. The fourth-order valence-corrected chi connectivity index (χ4v) is 4.51. The second-order valence-electron chi connectivity index (χ2n) is 7.73. The number of nitrogen functional groups attached to an aromatic ring is 1. The van der Waals surface area contributed by atoms with E-state index in [1.807, 2.05) is 12.3 Å². The van der Waals surface area contributed by atoms with Crippen LogP contribution in [-0.2, 0) is 11.2 Å². The minimum atomic E-state index is 0.515. The lowest BCUT2D eigenvalue weighted by molar-refractivity contribution is 0.157. The van der Waals surface area contributed by atoms with Crippen LogP contribution in [0.5, 0.6) is 5.75 Å². The van der Waals surface area contributed by atoms with Crippen molar-refractivity contribution in [1.82, 2.24) is 14.9 Å². The Morgan fingerprint density at radius 3 is 3.00 bits per heavy atom. The lowest BCUT2D eigenvalue weighted by Gasteiger charge is -2.31. The largest absolute Gasteiger partial charge is 0.492 e. The molecular weight excluding hydrogens is 376 g/mol. The molecule has 0 saturated carbocycles. The van der Waals surface area contributed by atoms with Crippen LogP contribution in [0.1, 0.15) is 42.9 Å². The number of halogens is 1. The molecule has 0 unspecified atom stereocenters. The van der Waals surface area contributed by atoms with Crippen molar-refractivity contribution in [1.29, 1.82) is 0 Å². The number of nitrogens with two attached hydrogens (primary N) is 1. The fourth-order valence-electron chi connectivity index (χ4n) is 4.29. The molecule has 152 valence electrons. The molecule has 4 rings (SSSR count). The van der Waals surface area contributed by atoms with Gasteiger partial charge in [-0.25, -0.2) is 4.98 Å². The van der Waals surface area contributed by atoms with Gasteiger partial charge in [-0.1, -0.05) is 11.6 Å². The molecule has 0 spiro atoms. The highest BCUT2D eigenvalue weighted by atomic mass is 35.5. The second kappa shape index (κ2) is 8.72. The number of rotatable bonds is 6. The van der Waals surface area contributed by atoms with E-state index in [4.69, 9.17) is 26.8 Å². The molecule has 1 saturated heterocycles. The summed E-state index contributed by atoms with van der Waals surface area (Å²) >= 11 is 6.39. The van der Waals surface area contributed by atoms with Crippen molar-refractivity contribution in [2.45, 2.75) is 38.0 Å². The summed E-state index contributed by atoms with van der Waals surface area (Å²) in [6.45, 7) is 4.89. The average molecular weight is 405 g/mol. The quantitative estimate of drug-likeness (QED) is 0.564. The number of H-pyrrole nitrogens is 1. The van der Waals surface area contributed by atoms with Gasteiger partial charge in [-0.15, -0.1) is 0 Å². The van der Waals surface area contributed by atoms with E-state index in [-0.39, 0.29) is 0 Å². The van der Waals surface area contributed by atoms with E-state index in [1.54, 1.807) is 7.11 Å². The van der Waals surface area contributed by atoms with Crippen LogP contribution >= 0.6 is 11.6 Å². The Balaban J connectivity index is 1.48. The van der Waals surface area contributed by atoms with Crippen LogP contribution in [0, 0.1) is 0 Å². The van der Waals surface area contributed by atoms with Crippen LogP contribution in [-0.4, -0.2) is 54.8 Å². The van der Waals surface area contributed by atoms with Crippen LogP contribution in [0.2, 0.25) is 5.02 Å². The number of ether oxygens (including phenoxy) is 2. The summed E-state index contributed by atoms with van der Waals surface area (Å²) in [5, 5.41) is 0.571. The average Bonchev–Trinajstić information content (AvgIpc) is 3.21. The van der Waals surface area contributed by atoms with Gasteiger partial charge in [0.2, 0.25) is 0 Å². The number of imidazole rings is 1. The number of fused-ring (bicyclic) bond motifs is 1. The molecule has 2 aliphatic heterocycles. The smallest absolute Gasteiger partial charge is 0.141 e. The Hall–Kier alpha value is -1.76. The van der Waals surface area contributed by atoms with Gasteiger partial charge < -0.3 is 25.1 Å². The Morgan fingerprint density at radius 2 is 2.21 bits per heavy atom. The zero-order valence-electron chi connectivity index (χ0n) is 16.5. The molecule has 0 aliphatic carbocycles. The van der Waals surface area contributed by atoms with Crippen molar-refractivity contribution >= 4 is 17.3 Å². The normalized spacial score (nSPS) is 18.1. The van der Waals surface area contributed by atoms with Gasteiger partial charge in [-0.05, 0) is 51.3 Å². The third-order valence-electron chi connectivity index (χ3n) is 5.89. The summed E-state index contributed by atoms with van der Waals surface area (Å²) in [7, 11) is 1.76. The molecule has 0 radical (unpaired) electrons. The predicted octanol–water partition coefficient (Wildman–Crippen LogP) is 3.85. The van der Waals surface area contributed by atoms with Crippen LogP contribution in [0.4, 0.5) is 5.69 Å². The zero-order chi connectivity index (χ0) is 19.5. The molecule has 3 heterocycles. The number of nitrogens with one attached hydrogen (secondary N) is 1. The zero-order valence-corrected chi connectivity index (χ0v) is 17.2. The number of methoxy groups -OCH3 is 1. The highest BCUT2D eigenvalue weighted by Gasteiger charge is 2.25. The molecule has 2 aliphatic rings. The Kier molecular flexibility index (Phi) is 6.09. The maximum atomic E-state index is 6.39. The number of aromatic nitrogens is 2. The van der Waals surface area contributed by atoms with Crippen LogP contribution < -0.4 is 10.5 Å². The summed E-state index contributed by atoms with van der Waals surface area (Å²) in [5.74, 6) is 2.17. The van der Waals surface area contributed by atoms with Gasteiger partial charge in [0.05, 0.1) is 22.9 Å². The maximum Gasteiger partial charge on any atom is 0.141 e. The molecule has 1 aromatic carbocycles. The lowest BCUT2D eigenvalue weighted by atomic mass is 9.94. The van der Waals surface area contributed by atoms with Crippen molar-refractivity contribution < 1.29 is 9.47 Å². The first-order valence-corrected chi connectivity index (χ1v) is 10.6. The molecule has 1 aromatic heterocycles. The third kappa shape index (κ3) is 4.00. The van der Waals surface area contributed by atoms with Crippen molar-refractivity contribution in [3.8, 4) is 17.1 Å². The number of anilines is 1. The van der Waals surface area contributed by atoms with Crippen LogP contribution in [0.15, 0.2) is 12.3 Å². The topological polar surface area (TPSA) is 76.4 Å². The highest BCUT2D eigenvalue weighted by molar-refractivity contribution is 6.33. The fraction of sp³-hybridized carbons (Fsp3) is 0.571. The minimum absolute atomic E-state index is 0.515. The van der Waals surface area contributed by atoms with Gasteiger partial charge in [-0.2, -0.15) is 0 Å². The van der Waals surface area contributed by atoms with Crippen molar-refractivity contribution in [2.75, 3.05) is 45.7 Å². The molecule has 0 amide bonds. The standard InChI is InChI=1S/C21H29ClN4O2/c1-27-10-3-7-26-8-5-14(6-9-26)18-13-24-21(25-18)16-12-17(22)19(23)15-4-2-11-28-20(15)16/h12-14H,2-11,23H2,1H3,(H,24,25). The molecule has 28 heavy (non-hydrogen) atoms. The number of aromatic amines is 1. The van der Waals surface area contributed by atoms with Gasteiger partial charge >= 0.3 is 0 Å². The van der Waals surface area contributed by atoms with Crippen molar-refractivity contribution in [3.05, 3.63) is 28.5 Å². The first-order valence-electron chi connectivity index (χ1n) is 10.2. The van der Waals surface area contributed by atoms with Crippen molar-refractivity contribution in [3.63, 3.8) is 0 Å². The summed E-state index contributed by atoms with van der Waals surface area (Å²) < 4.78 is 11.1. The monoisotopic (exact) mass is 404 g/mol. The number of hydrogen-bond donors (Lipinski definition) is 2. The molecule has 7 heteroatoms. The third-order valence-corrected chi connectivity index (χ3v) is 6.20. The summed E-state index contributed by atoms with van der Waals surface area (Å²) in [6.07, 6.45) is 7.21. The molecule has 2 aromatic rings. The molecule has 0 bridgehead atoms. The van der Waals surface area contributed by atoms with E-state index in [1.165, 1.54) is 5.69 Å². The Morgan fingerprint density at radius 1 is 1.39 bits per heavy atom. The molecule has 3 N–H and O–H groups in total. The summed E-state index contributed by atoms with van der Waals surface area (Å²) in [5.41, 5.74) is 9.93. The first kappa shape index (κ1) is 19.6. The number of hydrogen-bond acceptors (Lipinski definition) is 5. The van der Waals surface area contributed by atoms with Gasteiger partial charge in [0.1, 0.15) is 11.6 Å².